The van der Waals surface area contributed by atoms with Crippen molar-refractivity contribution in [3.05, 3.63) is 305 Å². The van der Waals surface area contributed by atoms with Crippen molar-refractivity contribution in [3.8, 4) is 44.5 Å². The van der Waals surface area contributed by atoms with Gasteiger partial charge in [-0.05, 0) is 111 Å². The zero-order chi connectivity index (χ0) is 75.4. The molecule has 0 radical (unpaired) electrons. The minimum absolute atomic E-state index is 0.00387. The molecule has 7 aromatic carbocycles. The van der Waals surface area contributed by atoms with Gasteiger partial charge in [0.15, 0.2) is 17.5 Å². The molecule has 10 heterocycles. The molecule has 0 aliphatic carbocycles. The standard InChI is InChI=1S/C89H81N17O4/c1-101-50-59-47-90-85(104(59)4)89(110-7)86-91-48-60(105(86)5)51-102(2)54-79(108)98-67-36-22-18-32-63(67)82-72-41-39-70(93-72)81(62-31-17-21-35-66(62)97-78(107)53-101)71-40-42-73(94-71)83(64-33-19-23-37-68(64)99-80(109)55-103(3)52-61-49-92-87(89)106(61)6)75-44-46-77(96-75)84(76-45-43-74(82)95-76)65-34-20-24-38-69(65)100-88(56-25-11-8-12-26-56,57-27-13-9-14-28-57)58-29-15-10-16-30-58/h8-49,93,96,100H,50-55H2,1-7H3,(H,97,107)(H,98,108)(H,99,109). The van der Waals surface area contributed by atoms with Crippen molar-refractivity contribution in [2.75, 3.05) is 69.2 Å². The number of likely N-dealkylation sites (N-methyl/N-ethyl adjacent to an activating group) is 3. The molecule has 0 spiro atoms. The maximum atomic E-state index is 15.1. The third-order valence-corrected chi connectivity index (χ3v) is 21.3. The van der Waals surface area contributed by atoms with Gasteiger partial charge in [0, 0.05) is 156 Å². The molecule has 110 heavy (non-hydrogen) atoms. The summed E-state index contributed by atoms with van der Waals surface area (Å²) in [5.74, 6) is 0.664. The van der Waals surface area contributed by atoms with E-state index in [4.69, 9.17) is 29.7 Å². The number of anilines is 4. The third-order valence-electron chi connectivity index (χ3n) is 21.3. The van der Waals surface area contributed by atoms with Gasteiger partial charge < -0.3 is 49.7 Å². The van der Waals surface area contributed by atoms with Crippen LogP contribution in [0.25, 0.3) is 90.9 Å². The van der Waals surface area contributed by atoms with Gasteiger partial charge in [-0.25, -0.2) is 24.9 Å². The molecule has 21 heteroatoms. The fraction of sp³-hybridized carbons (Fsp3) is 0.169. The Morgan fingerprint density at radius 3 is 0.982 bits per heavy atom. The van der Waals surface area contributed by atoms with Gasteiger partial charge in [0.2, 0.25) is 23.3 Å². The Balaban J connectivity index is 0.964. The average Bonchev–Trinajstić information content (AvgIpc) is 1.49. The van der Waals surface area contributed by atoms with E-state index < -0.39 is 11.1 Å². The Morgan fingerprint density at radius 1 is 0.364 bits per heavy atom. The minimum atomic E-state index is -1.55. The topological polar surface area (TPSA) is 229 Å². The highest BCUT2D eigenvalue weighted by molar-refractivity contribution is 6.07. The summed E-state index contributed by atoms with van der Waals surface area (Å²) in [5.41, 5.74) is 16.3. The average molecular weight is 1450 g/mol. The van der Waals surface area contributed by atoms with Crippen LogP contribution in [0.2, 0.25) is 0 Å². The predicted octanol–water partition coefficient (Wildman–Crippen LogP) is 14.7. The summed E-state index contributed by atoms with van der Waals surface area (Å²) in [7, 11) is 13.1. The number of hydrogen-bond donors (Lipinski definition) is 6. The molecule has 1 atom stereocenters. The number of benzene rings is 7. The lowest BCUT2D eigenvalue weighted by atomic mass is 9.76. The molecule has 4 aliphatic rings. The number of aromatic amines is 2. The van der Waals surface area contributed by atoms with Gasteiger partial charge in [0.05, 0.1) is 59.5 Å². The van der Waals surface area contributed by atoms with Gasteiger partial charge in [0.1, 0.15) is 5.54 Å². The molecule has 0 fully saturated rings. The number of rotatable bonds is 7. The summed E-state index contributed by atoms with van der Waals surface area (Å²) in [6.07, 6.45) is 13.5. The van der Waals surface area contributed by atoms with Crippen LogP contribution in [0, 0.1) is 0 Å². The van der Waals surface area contributed by atoms with Gasteiger partial charge in [0.25, 0.3) is 0 Å². The van der Waals surface area contributed by atoms with E-state index in [-0.39, 0.29) is 37.4 Å². The number of nitrogens with one attached hydrogen (secondary N) is 6. The van der Waals surface area contributed by atoms with Crippen molar-refractivity contribution >= 4 is 86.8 Å². The first-order valence-corrected chi connectivity index (χ1v) is 36.7. The second-order valence-electron chi connectivity index (χ2n) is 28.6. The van der Waals surface area contributed by atoms with Crippen molar-refractivity contribution in [3.63, 3.8) is 0 Å². The van der Waals surface area contributed by atoms with Crippen LogP contribution in [0.5, 0.6) is 0 Å². The Morgan fingerprint density at radius 2 is 0.655 bits per heavy atom. The number of imidazole rings is 3. The fourth-order valence-electron chi connectivity index (χ4n) is 16.2. The zero-order valence-electron chi connectivity index (χ0n) is 62.0. The maximum Gasteiger partial charge on any atom is 0.241 e. The van der Waals surface area contributed by atoms with Gasteiger partial charge >= 0.3 is 0 Å². The number of aromatic nitrogens is 10. The largest absolute Gasteiger partial charge is 0.367 e. The van der Waals surface area contributed by atoms with Crippen LogP contribution >= 0.6 is 0 Å². The lowest BCUT2D eigenvalue weighted by molar-refractivity contribution is -0.118. The van der Waals surface area contributed by atoms with E-state index in [0.717, 1.165) is 56.1 Å². The van der Waals surface area contributed by atoms with E-state index in [2.05, 4.69) is 147 Å². The number of carbonyl (C=O) groups excluding carboxylic acids is 3. The van der Waals surface area contributed by atoms with E-state index in [1.165, 1.54) is 0 Å². The number of para-hydroxylation sites is 4. The summed E-state index contributed by atoms with van der Waals surface area (Å²) in [6, 6.07) is 71.7. The van der Waals surface area contributed by atoms with Crippen molar-refractivity contribution in [1.82, 2.24) is 63.3 Å². The number of fused-ring (bicyclic) bond motifs is 20. The van der Waals surface area contributed by atoms with Crippen molar-refractivity contribution < 1.29 is 19.1 Å². The molecule has 6 aromatic heterocycles. The Labute approximate surface area is 636 Å². The first-order valence-electron chi connectivity index (χ1n) is 36.7. The van der Waals surface area contributed by atoms with Crippen molar-refractivity contribution in [1.29, 1.82) is 0 Å². The number of methoxy groups -OCH3 is 1. The van der Waals surface area contributed by atoms with Crippen LogP contribution in [0.15, 0.2) is 231 Å². The number of H-pyrrole nitrogens is 2. The molecular formula is C89H81N17O4. The molecule has 6 N–H and O–H groups in total. The summed E-state index contributed by atoms with van der Waals surface area (Å²) in [6.45, 7) is 0.905. The summed E-state index contributed by atoms with van der Waals surface area (Å²) in [4.78, 5) is 85.9. The highest BCUT2D eigenvalue weighted by Gasteiger charge is 2.49. The van der Waals surface area contributed by atoms with Crippen LogP contribution in [0.3, 0.4) is 0 Å². The smallest absolute Gasteiger partial charge is 0.241 e. The maximum absolute atomic E-state index is 15.1. The van der Waals surface area contributed by atoms with Gasteiger partial charge in [-0.15, -0.1) is 0 Å². The fourth-order valence-corrected chi connectivity index (χ4v) is 16.2. The lowest BCUT2D eigenvalue weighted by Gasteiger charge is -2.38. The molecule has 0 saturated carbocycles. The molecule has 546 valence electrons. The summed E-state index contributed by atoms with van der Waals surface area (Å²) < 4.78 is 12.8. The number of carbonyl (C=O) groups is 3. The number of nitrogens with zero attached hydrogens (tertiary/aromatic N) is 11. The lowest BCUT2D eigenvalue weighted by Crippen LogP contribution is -2.40. The molecule has 4 aliphatic heterocycles. The second kappa shape index (κ2) is 28.8. The molecule has 21 nitrogen and oxygen atoms in total. The van der Waals surface area contributed by atoms with Crippen LogP contribution < -0.4 is 21.3 Å². The highest BCUT2D eigenvalue weighted by atomic mass is 16.5. The molecule has 17 rings (SSSR count). The van der Waals surface area contributed by atoms with E-state index in [1.54, 1.807) is 25.7 Å². The predicted molar refractivity (Wildman–Crippen MR) is 435 cm³/mol. The number of ether oxygens (including phenoxy) is 1. The van der Waals surface area contributed by atoms with Crippen LogP contribution in [-0.4, -0.2) is 129 Å². The van der Waals surface area contributed by atoms with Gasteiger partial charge in [-0.2, -0.15) is 0 Å². The number of hydrogen-bond acceptors (Lipinski definition) is 13. The second-order valence-corrected chi connectivity index (χ2v) is 28.6. The van der Waals surface area contributed by atoms with Crippen LogP contribution in [-0.2, 0) is 71.0 Å². The third kappa shape index (κ3) is 12.6. The highest BCUT2D eigenvalue weighted by Crippen LogP contribution is 2.47. The van der Waals surface area contributed by atoms with Gasteiger partial charge in [-0.3, -0.25) is 29.1 Å². The minimum Gasteiger partial charge on any atom is -0.367 e. The Bertz CT molecular complexity index is 5820. The molecule has 0 saturated heterocycles. The van der Waals surface area contributed by atoms with Crippen LogP contribution in [0.4, 0.5) is 22.7 Å². The van der Waals surface area contributed by atoms with Crippen LogP contribution in [0.1, 0.15) is 74.0 Å². The number of amides is 3. The molecule has 3 amide bonds. The van der Waals surface area contributed by atoms with Gasteiger partial charge in [-0.1, -0.05) is 164 Å². The summed E-state index contributed by atoms with van der Waals surface area (Å²) >= 11 is 0. The van der Waals surface area contributed by atoms with Crippen molar-refractivity contribution in [2.45, 2.75) is 30.8 Å². The quantitative estimate of drug-likeness (QED) is 0.0817. The first-order chi connectivity index (χ1) is 53.6. The Kier molecular flexibility index (Phi) is 18.3. The molecule has 1 unspecified atom stereocenters. The normalized spacial score (nSPS) is 15.9. The monoisotopic (exact) mass is 1450 g/mol. The first kappa shape index (κ1) is 69.8. The molecule has 18 bridgehead atoms. The summed E-state index contributed by atoms with van der Waals surface area (Å²) in [5, 5.41) is 14.3. The Hall–Kier alpha value is -13.2. The SMILES string of the molecule is COC12c3ncc(n3C)CN(C)CC(=O)Nc3ccccc3-c3c4nc(c(c5ccc([nH]5)c(-c5ccccc5NC(c5ccccc5)(c5ccccc5)c5ccccc5)c5nc(c(c6ccc3[nH]6)-c3ccccc3NC(=O)CN(C)Cc3cnc1n3C)C=C5)-c1ccccc1NC(=O)CN(C)Cc1cnc2n1C)C=C4. The van der Waals surface area contributed by atoms with E-state index in [1.807, 2.05) is 192 Å². The van der Waals surface area contributed by atoms with E-state index in [9.17, 15) is 4.79 Å². The zero-order valence-corrected chi connectivity index (χ0v) is 62.0. The van der Waals surface area contributed by atoms with E-state index in [0.29, 0.717) is 127 Å². The molecular weight excluding hydrogens is 1370 g/mol. The molecule has 13 aromatic rings. The van der Waals surface area contributed by atoms with E-state index >= 15 is 9.59 Å². The van der Waals surface area contributed by atoms with Crippen molar-refractivity contribution in [2.24, 2.45) is 21.1 Å².